The summed E-state index contributed by atoms with van der Waals surface area (Å²) in [5, 5.41) is 61.6. The van der Waals surface area contributed by atoms with Gasteiger partial charge in [-0.15, -0.1) is 0 Å². The molecule has 6 atom stereocenters. The van der Waals surface area contributed by atoms with Gasteiger partial charge in [0.2, 0.25) is 0 Å². The van der Waals surface area contributed by atoms with Crippen molar-refractivity contribution < 1.29 is 58.8 Å². The van der Waals surface area contributed by atoms with Crippen molar-refractivity contribution in [3.8, 4) is 0 Å². The van der Waals surface area contributed by atoms with Crippen molar-refractivity contribution in [2.45, 2.75) is 168 Å². The first-order chi connectivity index (χ1) is 22.8. The van der Waals surface area contributed by atoms with E-state index in [1.165, 1.54) is 12.8 Å². The second-order valence-corrected chi connectivity index (χ2v) is 13.1. The zero-order valence-corrected chi connectivity index (χ0v) is 33.9. The van der Waals surface area contributed by atoms with Crippen LogP contribution in [-0.2, 0) is 19.2 Å². The molecule has 0 aliphatic heterocycles. The number of hydrogen-bond acceptors (Lipinski definition) is 8. The molecule has 0 aliphatic rings. The van der Waals surface area contributed by atoms with Crippen molar-refractivity contribution in [1.29, 1.82) is 0 Å². The van der Waals surface area contributed by atoms with E-state index in [0.29, 0.717) is 38.8 Å². The molecule has 0 aromatic heterocycles. The van der Waals surface area contributed by atoms with Crippen LogP contribution in [0.5, 0.6) is 0 Å². The molecule has 0 saturated heterocycles. The Bertz CT molecular complexity index is 778. The van der Waals surface area contributed by atoms with Gasteiger partial charge in [-0.05, 0) is 25.7 Å². The fourth-order valence-corrected chi connectivity index (χ4v) is 7.65. The van der Waals surface area contributed by atoms with Crippen molar-refractivity contribution in [3.63, 3.8) is 0 Å². The molecule has 0 spiro atoms. The molecule has 0 heterocycles. The Morgan fingerprint density at radius 3 is 0.939 bits per heavy atom. The van der Waals surface area contributed by atoms with Gasteiger partial charge in [-0.1, -0.05) is 92.9 Å². The van der Waals surface area contributed by atoms with Gasteiger partial charge in [-0.2, -0.15) is 0 Å². The predicted octanol–water partition coefficient (Wildman–Crippen LogP) is 2.71. The minimum atomic E-state index is -1.23. The molecule has 13 heteroatoms. The van der Waals surface area contributed by atoms with Crippen molar-refractivity contribution in [1.82, 2.24) is 0 Å². The Hall–Kier alpha value is -1.02. The van der Waals surface area contributed by atoms with Gasteiger partial charge in [0.15, 0.2) is 12.1 Å². The third-order valence-corrected chi connectivity index (χ3v) is 10.0. The van der Waals surface area contributed by atoms with Crippen molar-refractivity contribution in [2.75, 3.05) is 39.4 Å². The van der Waals surface area contributed by atoms with E-state index >= 15 is 0 Å². The molecule has 0 aromatic rings. The van der Waals surface area contributed by atoms with Crippen LogP contribution in [0.3, 0.4) is 0 Å². The maximum atomic E-state index is 11.8. The summed E-state index contributed by atoms with van der Waals surface area (Å²) >= 11 is 0. The van der Waals surface area contributed by atoms with E-state index in [-0.39, 0.29) is 73.0 Å². The van der Waals surface area contributed by atoms with Gasteiger partial charge < -0.3 is 49.2 Å². The predicted molar refractivity (Wildman–Crippen MR) is 188 cm³/mol. The van der Waals surface area contributed by atoms with Crippen LogP contribution in [0.2, 0.25) is 0 Å². The third-order valence-electron chi connectivity index (χ3n) is 10.0. The van der Waals surface area contributed by atoms with Crippen LogP contribution >= 0.6 is 0 Å². The molecule has 0 aliphatic carbocycles. The number of carboxylic acids is 4. The molecule has 6 unspecified atom stereocenters. The quantitative estimate of drug-likeness (QED) is 0.0485. The number of unbranched alkanes of at least 4 members (excludes halogenated alkanes) is 10. The largest absolute Gasteiger partial charge is 2.00 e. The number of carbonyl (C=O) groups is 4. The minimum absolute atomic E-state index is 0. The maximum absolute atomic E-state index is 11.8. The molecule has 0 saturated carbocycles. The smallest absolute Gasteiger partial charge is 0.544 e. The van der Waals surface area contributed by atoms with Crippen LogP contribution in [0, 0.1) is 0 Å². The number of aliphatic hydroxyl groups excluding tert-OH is 2. The molecule has 0 radical (unpaired) electrons. The van der Waals surface area contributed by atoms with E-state index in [2.05, 4.69) is 13.8 Å². The second-order valence-electron chi connectivity index (χ2n) is 13.1. The van der Waals surface area contributed by atoms with Gasteiger partial charge in [0.1, 0.15) is 25.2 Å². The van der Waals surface area contributed by atoms with Crippen LogP contribution in [-0.4, -0.2) is 155 Å². The van der Waals surface area contributed by atoms with E-state index in [1.54, 1.807) is 27.7 Å². The first kappa shape index (κ1) is 52.3. The molecular weight excluding hydrogens is 660 g/mol. The van der Waals surface area contributed by atoms with E-state index < -0.39 is 48.0 Å². The molecule has 0 fully saturated rings. The Kier molecular flexibility index (Phi) is 32.7. The third kappa shape index (κ3) is 17.8. The zero-order chi connectivity index (χ0) is 37.2. The van der Waals surface area contributed by atoms with Crippen LogP contribution in [0.1, 0.15) is 144 Å². The Morgan fingerprint density at radius 1 is 0.469 bits per heavy atom. The van der Waals surface area contributed by atoms with Crippen molar-refractivity contribution >= 4 is 61.6 Å². The summed E-state index contributed by atoms with van der Waals surface area (Å²) in [6.07, 6.45) is 13.8. The summed E-state index contributed by atoms with van der Waals surface area (Å²) in [5.74, 6) is -4.46. The first-order valence-electron chi connectivity index (χ1n) is 18.6. The Morgan fingerprint density at radius 2 is 0.735 bits per heavy atom. The second kappa shape index (κ2) is 30.6. The Labute approximate surface area is 326 Å². The molecule has 0 bridgehead atoms. The van der Waals surface area contributed by atoms with Crippen LogP contribution in [0.15, 0.2) is 0 Å². The van der Waals surface area contributed by atoms with Gasteiger partial charge in [0.05, 0.1) is 38.2 Å². The number of carboxylic acid groups (broad SMARTS) is 4. The minimum Gasteiger partial charge on any atom is -0.544 e. The number of rotatable bonds is 30. The van der Waals surface area contributed by atoms with Gasteiger partial charge in [0.25, 0.3) is 0 Å². The fraction of sp³-hybridized carbons (Fsp3) is 0.889. The maximum Gasteiger partial charge on any atom is 2.00 e. The van der Waals surface area contributed by atoms with Crippen molar-refractivity contribution in [2.24, 2.45) is 0 Å². The first-order valence-corrected chi connectivity index (χ1v) is 18.6. The SMILES string of the molecule is CCCCCCCC[N+](CCO)(C(CC)C(=O)[O-])C(CC)C(=O)O.CCCCCCCC[N+](CCO)(C(CC)C(=O)[O-])C(CC)C(=O)O.[Ca+2]. The molecule has 0 rings (SSSR count). The standard InChI is InChI=1S/2C18H35NO5.Ca/c2*1-4-7-8-9-10-11-12-19(13-14-20,15(5-2)17(21)22)16(6-3)18(23)24;/h2*15-16,20H,4-14H2,1-3H3,(H-,21,22,23,24);/q;;+2. The van der Waals surface area contributed by atoms with Gasteiger partial charge in [0, 0.05) is 25.7 Å². The summed E-state index contributed by atoms with van der Waals surface area (Å²) in [5.41, 5.74) is 0. The molecule has 284 valence electrons. The van der Waals surface area contributed by atoms with E-state index in [1.807, 2.05) is 0 Å². The number of hydrogen-bond donors (Lipinski definition) is 4. The summed E-state index contributed by atoms with van der Waals surface area (Å²) < 4.78 is -0.232. The average Bonchev–Trinajstić information content (AvgIpc) is 3.01. The van der Waals surface area contributed by atoms with Crippen LogP contribution in [0.25, 0.3) is 0 Å². The van der Waals surface area contributed by atoms with E-state index in [9.17, 15) is 49.8 Å². The van der Waals surface area contributed by atoms with Crippen molar-refractivity contribution in [3.05, 3.63) is 0 Å². The summed E-state index contributed by atoms with van der Waals surface area (Å²) in [4.78, 5) is 46.9. The molecule has 0 amide bonds. The van der Waals surface area contributed by atoms with Gasteiger partial charge >= 0.3 is 49.7 Å². The van der Waals surface area contributed by atoms with Crippen LogP contribution < -0.4 is 10.2 Å². The topological polar surface area (TPSA) is 195 Å². The van der Waals surface area contributed by atoms with Gasteiger partial charge in [-0.25, -0.2) is 9.59 Å². The fourth-order valence-electron chi connectivity index (χ4n) is 7.65. The number of aliphatic hydroxyl groups is 2. The van der Waals surface area contributed by atoms with Crippen LogP contribution in [0.4, 0.5) is 0 Å². The number of quaternary nitrogens is 2. The average molecular weight is 731 g/mol. The summed E-state index contributed by atoms with van der Waals surface area (Å²) in [6, 6.07) is -3.49. The zero-order valence-electron chi connectivity index (χ0n) is 31.7. The monoisotopic (exact) mass is 730 g/mol. The Balaban J connectivity index is -0.000000846. The summed E-state index contributed by atoms with van der Waals surface area (Å²) in [6.45, 7) is 12.0. The normalized spacial score (nSPS) is 16.0. The molecule has 12 nitrogen and oxygen atoms in total. The molecule has 0 aromatic carbocycles. The van der Waals surface area contributed by atoms with Gasteiger partial charge in [-0.3, -0.25) is 0 Å². The summed E-state index contributed by atoms with van der Waals surface area (Å²) in [7, 11) is 0. The van der Waals surface area contributed by atoms with E-state index in [4.69, 9.17) is 0 Å². The number of carbonyl (C=O) groups excluding carboxylic acids is 2. The number of aliphatic carboxylic acids is 4. The molecular formula is C36H70CaN2O10+2. The molecule has 4 N–H and O–H groups in total. The van der Waals surface area contributed by atoms with E-state index in [0.717, 1.165) is 64.2 Å². The number of nitrogens with zero attached hydrogens (tertiary/aromatic N) is 2. The molecule has 49 heavy (non-hydrogen) atoms.